The first-order valence-corrected chi connectivity index (χ1v) is 6.65. The van der Waals surface area contributed by atoms with Crippen LogP contribution in [-0.2, 0) is 0 Å². The maximum atomic E-state index is 12.0. The Labute approximate surface area is 119 Å². The van der Waals surface area contributed by atoms with Gasteiger partial charge in [-0.3, -0.25) is 9.89 Å². The first-order valence-electron chi connectivity index (χ1n) is 5.86. The summed E-state index contributed by atoms with van der Waals surface area (Å²) in [5.74, 6) is -0.280. The second kappa shape index (κ2) is 5.44. The van der Waals surface area contributed by atoms with Gasteiger partial charge in [0.05, 0.1) is 17.4 Å². The molecule has 5 nitrogen and oxygen atoms in total. The molecule has 0 radical (unpaired) electrons. The molecule has 6 heteroatoms. The van der Waals surface area contributed by atoms with Crippen LogP contribution in [0.4, 0.5) is 5.69 Å². The molecule has 0 aliphatic rings. The van der Waals surface area contributed by atoms with Crippen LogP contribution in [0, 0.1) is 6.92 Å². The number of H-pyrrole nitrogens is 1. The third-order valence-corrected chi connectivity index (χ3v) is 3.46. The second-order valence-electron chi connectivity index (χ2n) is 4.36. The zero-order valence-corrected chi connectivity index (χ0v) is 12.3. The molecule has 0 fully saturated rings. The Balaban J connectivity index is 2.10. The van der Waals surface area contributed by atoms with Gasteiger partial charge < -0.3 is 11.1 Å². The quantitative estimate of drug-likeness (QED) is 0.812. The highest BCUT2D eigenvalue weighted by Gasteiger charge is 2.17. The molecule has 1 amide bonds. The van der Waals surface area contributed by atoms with Crippen LogP contribution >= 0.6 is 15.9 Å². The van der Waals surface area contributed by atoms with E-state index in [1.54, 1.807) is 6.92 Å². The van der Waals surface area contributed by atoms with Crippen molar-refractivity contribution in [1.82, 2.24) is 15.5 Å². The van der Waals surface area contributed by atoms with Crippen molar-refractivity contribution < 1.29 is 4.79 Å². The Hall–Kier alpha value is -1.82. The molecular formula is C13H15BrN4O. The summed E-state index contributed by atoms with van der Waals surface area (Å²) >= 11 is 3.38. The number of carbonyl (C=O) groups is 1. The molecule has 0 spiro atoms. The highest BCUT2D eigenvalue weighted by Crippen LogP contribution is 2.18. The van der Waals surface area contributed by atoms with Crippen LogP contribution in [0.2, 0.25) is 0 Å². The average Bonchev–Trinajstić information content (AvgIpc) is 2.70. The van der Waals surface area contributed by atoms with Gasteiger partial charge >= 0.3 is 0 Å². The van der Waals surface area contributed by atoms with Crippen molar-refractivity contribution in [2.75, 3.05) is 5.73 Å². The van der Waals surface area contributed by atoms with E-state index in [1.807, 2.05) is 31.2 Å². The van der Waals surface area contributed by atoms with E-state index in [2.05, 4.69) is 31.4 Å². The number of nitrogens with two attached hydrogens (primary N) is 1. The number of aryl methyl sites for hydroxylation is 1. The second-order valence-corrected chi connectivity index (χ2v) is 5.27. The third kappa shape index (κ3) is 2.96. The minimum atomic E-state index is -0.280. The number of amides is 1. The summed E-state index contributed by atoms with van der Waals surface area (Å²) in [5, 5.41) is 9.47. The molecule has 1 aromatic heterocycles. The Morgan fingerprint density at radius 3 is 2.58 bits per heavy atom. The lowest BCUT2D eigenvalue weighted by atomic mass is 10.1. The van der Waals surface area contributed by atoms with Crippen LogP contribution in [0.5, 0.6) is 0 Å². The molecule has 2 aromatic rings. The number of aromatic amines is 1. The van der Waals surface area contributed by atoms with Gasteiger partial charge in [0.15, 0.2) is 5.69 Å². The molecule has 1 aromatic carbocycles. The molecule has 0 saturated carbocycles. The number of hydrogen-bond donors (Lipinski definition) is 3. The Morgan fingerprint density at radius 1 is 1.42 bits per heavy atom. The number of carbonyl (C=O) groups excluding carboxylic acids is 1. The minimum Gasteiger partial charge on any atom is -0.395 e. The topological polar surface area (TPSA) is 83.8 Å². The molecule has 0 aliphatic heterocycles. The number of aromatic nitrogens is 2. The lowest BCUT2D eigenvalue weighted by Gasteiger charge is -2.13. The van der Waals surface area contributed by atoms with Gasteiger partial charge in [0, 0.05) is 4.47 Å². The molecule has 100 valence electrons. The van der Waals surface area contributed by atoms with E-state index in [1.165, 1.54) is 0 Å². The summed E-state index contributed by atoms with van der Waals surface area (Å²) in [4.78, 5) is 12.0. The molecule has 2 rings (SSSR count). The molecule has 0 bridgehead atoms. The van der Waals surface area contributed by atoms with Crippen molar-refractivity contribution in [3.63, 3.8) is 0 Å². The Kier molecular flexibility index (Phi) is 3.90. The van der Waals surface area contributed by atoms with E-state index in [9.17, 15) is 4.79 Å². The monoisotopic (exact) mass is 322 g/mol. The van der Waals surface area contributed by atoms with Crippen molar-refractivity contribution in [2.24, 2.45) is 0 Å². The fourth-order valence-electron chi connectivity index (χ4n) is 1.71. The molecule has 1 heterocycles. The molecule has 19 heavy (non-hydrogen) atoms. The van der Waals surface area contributed by atoms with Crippen molar-refractivity contribution in [3.05, 3.63) is 45.7 Å². The van der Waals surface area contributed by atoms with E-state index in [-0.39, 0.29) is 17.6 Å². The lowest BCUT2D eigenvalue weighted by molar-refractivity contribution is 0.0935. The fraction of sp³-hybridized carbons (Fsp3) is 0.231. The van der Waals surface area contributed by atoms with E-state index < -0.39 is 0 Å². The van der Waals surface area contributed by atoms with Gasteiger partial charge in [-0.25, -0.2) is 0 Å². The molecule has 0 aliphatic carbocycles. The van der Waals surface area contributed by atoms with E-state index in [0.717, 1.165) is 10.0 Å². The van der Waals surface area contributed by atoms with Crippen molar-refractivity contribution in [1.29, 1.82) is 0 Å². The van der Waals surface area contributed by atoms with Gasteiger partial charge in [-0.2, -0.15) is 5.10 Å². The summed E-state index contributed by atoms with van der Waals surface area (Å²) in [6.07, 6.45) is 0. The maximum Gasteiger partial charge on any atom is 0.274 e. The largest absolute Gasteiger partial charge is 0.395 e. The fourth-order valence-corrected chi connectivity index (χ4v) is 1.98. The Morgan fingerprint density at radius 2 is 2.05 bits per heavy atom. The predicted octanol–water partition coefficient (Wildman–Crippen LogP) is 2.55. The average molecular weight is 323 g/mol. The van der Waals surface area contributed by atoms with Crippen LogP contribution in [0.3, 0.4) is 0 Å². The highest BCUT2D eigenvalue weighted by atomic mass is 79.9. The third-order valence-electron chi connectivity index (χ3n) is 2.93. The minimum absolute atomic E-state index is 0.114. The number of anilines is 1. The summed E-state index contributed by atoms with van der Waals surface area (Å²) in [7, 11) is 0. The number of halogens is 1. The molecule has 1 atom stereocenters. The van der Waals surface area contributed by atoms with Crippen molar-refractivity contribution >= 4 is 27.5 Å². The van der Waals surface area contributed by atoms with Gasteiger partial charge in [0.25, 0.3) is 5.91 Å². The zero-order valence-electron chi connectivity index (χ0n) is 10.7. The molecular weight excluding hydrogens is 308 g/mol. The van der Waals surface area contributed by atoms with Gasteiger partial charge in [-0.15, -0.1) is 0 Å². The summed E-state index contributed by atoms with van der Waals surface area (Å²) in [6.45, 7) is 3.69. The number of hydrogen-bond acceptors (Lipinski definition) is 3. The molecule has 4 N–H and O–H groups in total. The molecule has 0 unspecified atom stereocenters. The number of nitrogen functional groups attached to an aromatic ring is 1. The van der Waals surface area contributed by atoms with Gasteiger partial charge in [-0.05, 0) is 31.5 Å². The maximum absolute atomic E-state index is 12.0. The van der Waals surface area contributed by atoms with E-state index in [0.29, 0.717) is 11.4 Å². The first-order chi connectivity index (χ1) is 8.99. The van der Waals surface area contributed by atoms with Crippen molar-refractivity contribution in [2.45, 2.75) is 19.9 Å². The van der Waals surface area contributed by atoms with Gasteiger partial charge in [-0.1, -0.05) is 28.1 Å². The number of rotatable bonds is 3. The highest BCUT2D eigenvalue weighted by molar-refractivity contribution is 9.10. The van der Waals surface area contributed by atoms with Crippen LogP contribution < -0.4 is 11.1 Å². The first kappa shape index (κ1) is 13.6. The van der Waals surface area contributed by atoms with Gasteiger partial charge in [0.1, 0.15) is 0 Å². The normalized spacial score (nSPS) is 12.2. The standard InChI is InChI=1S/C13H15BrN4O/c1-7(9-3-5-10(14)6-4-9)16-13(19)12-11(15)8(2)17-18-12/h3-7H,15H2,1-2H3,(H,16,19)(H,17,18)/t7-/m1/s1. The number of nitrogens with zero attached hydrogens (tertiary/aromatic N) is 1. The summed E-state index contributed by atoms with van der Waals surface area (Å²) in [6, 6.07) is 7.66. The van der Waals surface area contributed by atoms with Gasteiger partial charge in [0.2, 0.25) is 0 Å². The summed E-state index contributed by atoms with van der Waals surface area (Å²) < 4.78 is 1.00. The SMILES string of the molecule is Cc1[nH]nc(C(=O)N[C@H](C)c2ccc(Br)cc2)c1N. The smallest absolute Gasteiger partial charge is 0.274 e. The number of nitrogens with one attached hydrogen (secondary N) is 2. The van der Waals surface area contributed by atoms with Crippen LogP contribution in [-0.4, -0.2) is 16.1 Å². The van der Waals surface area contributed by atoms with Crippen molar-refractivity contribution in [3.8, 4) is 0 Å². The lowest BCUT2D eigenvalue weighted by Crippen LogP contribution is -2.27. The summed E-state index contributed by atoms with van der Waals surface area (Å²) in [5.41, 5.74) is 8.12. The molecule has 0 saturated heterocycles. The van der Waals surface area contributed by atoms with E-state index in [4.69, 9.17) is 5.73 Å². The van der Waals surface area contributed by atoms with E-state index >= 15 is 0 Å². The van der Waals surface area contributed by atoms with Crippen LogP contribution in [0.15, 0.2) is 28.7 Å². The predicted molar refractivity (Wildman–Crippen MR) is 77.8 cm³/mol. The Bertz CT molecular complexity index is 591. The van der Waals surface area contributed by atoms with Crippen LogP contribution in [0.1, 0.15) is 34.7 Å². The van der Waals surface area contributed by atoms with Crippen LogP contribution in [0.25, 0.3) is 0 Å². The zero-order chi connectivity index (χ0) is 14.0. The number of benzene rings is 1.